The van der Waals surface area contributed by atoms with Crippen LogP contribution in [0.5, 0.6) is 5.75 Å². The minimum Gasteiger partial charge on any atom is -0.480 e. The number of hydrogen-bond donors (Lipinski definition) is 7. The highest BCUT2D eigenvalue weighted by molar-refractivity contribution is 7.92. The SMILES string of the molecule is Cc1cc(CC(=O)N[C@@H](CC(N)=O)C(=O)O)c(C(C)(C)CC(=O)N(Cc2nn(CC(F)(F)F)c3c(-c4ccc(C#CC(C)(C)S(C)(=O)=O)nc4[C@H](Cc4cc(F)cc(F)c4)NC(=O)Cn4nc(C(F)(F)F)c5c4C(F)(F)[C@@H]4C[C@H]54)ccc(Cl)c23)[SH](=O)=O)c(OP(=O)(O)O)c1. The molecule has 2 aliphatic rings. The fraction of sp³-hybridized carbons (Fsp3) is 0.404. The first-order valence-corrected chi connectivity index (χ1v) is 32.5. The molecule has 0 unspecified atom stereocenters. The number of pyridine rings is 1. The van der Waals surface area contributed by atoms with Crippen molar-refractivity contribution < 1.29 is 109 Å². The molecule has 4 amide bonds. The van der Waals surface area contributed by atoms with E-state index < -0.39 is 223 Å². The third kappa shape index (κ3) is 16.0. The number of alkyl halides is 8. The van der Waals surface area contributed by atoms with Gasteiger partial charge in [0, 0.05) is 57.7 Å². The number of primary amides is 1. The molecule has 0 saturated heterocycles. The monoisotopic (exact) mass is 1410 g/mol. The Morgan fingerprint density at radius 3 is 2.15 bits per heavy atom. The molecule has 3 heterocycles. The number of nitrogens with zero attached hydrogens (tertiary/aromatic N) is 6. The quantitative estimate of drug-likeness (QED) is 0.0143. The van der Waals surface area contributed by atoms with E-state index in [2.05, 4.69) is 37.7 Å². The number of phosphoric acid groups is 1. The molecule has 94 heavy (non-hydrogen) atoms. The maximum Gasteiger partial charge on any atom is 0.524 e. The summed E-state index contributed by atoms with van der Waals surface area (Å²) in [6.45, 7) is 1.60. The number of carbonyl (C=O) groups is 5. The Kier molecular flexibility index (Phi) is 19.7. The molecule has 1 fully saturated rings. The average molecular weight is 1410 g/mol. The second-order valence-electron chi connectivity index (χ2n) is 23.6. The summed E-state index contributed by atoms with van der Waals surface area (Å²) in [5.41, 5.74) is -4.08. The number of sulfone groups is 1. The standard InChI is InChI=1S/C57H55ClF10N9O14PS2/c1-26-13-28(18-42(79)72-38(52(82)83)21-41(69)78)47(40(14-26)91-92(84,85)86)53(2,3)22-44(81)77(93(87)88)23-39-46-36(58)10-9-33(49(46)76(73-39)25-55(61,62)63)32-8-7-31(11-12-54(4,5)94(6,89)90)70-48(32)37(17-27-15-29(59)19-30(60)16-27)71-43(80)24-75-51-45(50(74-75)57(66,67)68)34-20-35(34)56(51,64)65/h7-10,13-16,19,34-35,37-38,93H,17-18,20-25H2,1-6H3,(H2,69,78)(H,71,80)(H,72,79)(H,82,83)(H2,84,85,86)/t34-,35+,37-,38-/m0/s1. The van der Waals surface area contributed by atoms with Crippen LogP contribution in [0.15, 0.2) is 54.6 Å². The van der Waals surface area contributed by atoms with Gasteiger partial charge < -0.3 is 26.0 Å². The Morgan fingerprint density at radius 2 is 1.57 bits per heavy atom. The second-order valence-corrected chi connectivity index (χ2v) is 28.7. The third-order valence-corrected chi connectivity index (χ3v) is 18.9. The number of thiol groups is 1. The lowest BCUT2D eigenvalue weighted by molar-refractivity contribution is -0.143. The van der Waals surface area contributed by atoms with Gasteiger partial charge in [-0.3, -0.25) is 38.3 Å². The lowest BCUT2D eigenvalue weighted by atomic mass is 9.77. The summed E-state index contributed by atoms with van der Waals surface area (Å²) in [4.78, 5) is 90.3. The summed E-state index contributed by atoms with van der Waals surface area (Å²) in [5.74, 6) is -11.4. The summed E-state index contributed by atoms with van der Waals surface area (Å²) in [6.07, 6.45) is -13.5. The third-order valence-electron chi connectivity index (χ3n) is 15.4. The number of benzene rings is 3. The van der Waals surface area contributed by atoms with Crippen molar-refractivity contribution in [2.45, 2.75) is 133 Å². The molecule has 4 atom stereocenters. The Hall–Kier alpha value is -8.16. The van der Waals surface area contributed by atoms with E-state index in [9.17, 15) is 86.6 Å². The van der Waals surface area contributed by atoms with Crippen LogP contribution < -0.4 is 20.9 Å². The zero-order valence-electron chi connectivity index (χ0n) is 49.7. The van der Waals surface area contributed by atoms with Crippen molar-refractivity contribution >= 4 is 80.7 Å². The molecule has 1 saturated carbocycles. The van der Waals surface area contributed by atoms with Gasteiger partial charge in [0.15, 0.2) is 15.5 Å². The molecule has 0 spiro atoms. The number of phosphoric ester groups is 1. The summed E-state index contributed by atoms with van der Waals surface area (Å²) < 4.78 is 218. The maximum atomic E-state index is 15.8. The number of hydrogen-bond acceptors (Lipinski definition) is 14. The molecular formula is C57H55ClF10N9O14PS2. The fourth-order valence-electron chi connectivity index (χ4n) is 11.2. The fourth-order valence-corrected chi connectivity index (χ4v) is 12.6. The highest BCUT2D eigenvalue weighted by Gasteiger charge is 2.68. The molecule has 37 heteroatoms. The van der Waals surface area contributed by atoms with Crippen LogP contribution in [0.25, 0.3) is 22.0 Å². The normalized spacial score (nSPS) is 16.2. The van der Waals surface area contributed by atoms with Crippen LogP contribution in [0, 0.1) is 36.3 Å². The molecule has 0 radical (unpaired) electrons. The Balaban J connectivity index is 1.28. The zero-order chi connectivity index (χ0) is 70.1. The van der Waals surface area contributed by atoms with Crippen molar-refractivity contribution in [1.82, 2.24) is 39.5 Å². The molecular weight excluding hydrogens is 1360 g/mol. The van der Waals surface area contributed by atoms with Gasteiger partial charge in [0.2, 0.25) is 34.5 Å². The number of nitrogens with one attached hydrogen (secondary N) is 2. The smallest absolute Gasteiger partial charge is 0.480 e. The van der Waals surface area contributed by atoms with Gasteiger partial charge in [-0.05, 0) is 98.5 Å². The molecule has 3 aromatic heterocycles. The van der Waals surface area contributed by atoms with E-state index in [0.717, 1.165) is 48.7 Å². The Labute approximate surface area is 533 Å². The molecule has 2 aliphatic carbocycles. The number of aromatic nitrogens is 5. The van der Waals surface area contributed by atoms with Crippen LogP contribution >= 0.6 is 19.4 Å². The Bertz CT molecular complexity index is 4420. The van der Waals surface area contributed by atoms with E-state index in [0.29, 0.717) is 6.07 Å². The highest BCUT2D eigenvalue weighted by atomic mass is 35.5. The van der Waals surface area contributed by atoms with E-state index in [4.69, 9.17) is 21.9 Å². The van der Waals surface area contributed by atoms with Crippen LogP contribution in [0.1, 0.15) is 115 Å². The number of carboxylic acids is 1. The van der Waals surface area contributed by atoms with E-state index in [-0.39, 0.29) is 53.6 Å². The number of aliphatic carboxylic acids is 1. The summed E-state index contributed by atoms with van der Waals surface area (Å²) in [7, 11) is -13.7. The second kappa shape index (κ2) is 25.9. The predicted molar refractivity (Wildman–Crippen MR) is 312 cm³/mol. The van der Waals surface area contributed by atoms with Crippen molar-refractivity contribution in [3.05, 3.63) is 128 Å². The van der Waals surface area contributed by atoms with Gasteiger partial charge in [-0.1, -0.05) is 43.5 Å². The first kappa shape index (κ1) is 71.7. The summed E-state index contributed by atoms with van der Waals surface area (Å²) >= 11 is 6.79. The van der Waals surface area contributed by atoms with E-state index >= 15 is 17.6 Å². The van der Waals surface area contributed by atoms with Gasteiger partial charge in [0.05, 0.1) is 47.4 Å². The van der Waals surface area contributed by atoms with Crippen LogP contribution in [0.3, 0.4) is 0 Å². The number of amides is 4. The van der Waals surface area contributed by atoms with Crippen LogP contribution in [0.4, 0.5) is 43.9 Å². The molecule has 23 nitrogen and oxygen atoms in total. The molecule has 8 rings (SSSR count). The predicted octanol–water partition coefficient (Wildman–Crippen LogP) is 7.28. The molecule has 0 aliphatic heterocycles. The van der Waals surface area contributed by atoms with Crippen LogP contribution in [-0.2, 0) is 99.3 Å². The lowest BCUT2D eigenvalue weighted by Gasteiger charge is -2.31. The van der Waals surface area contributed by atoms with E-state index in [1.54, 1.807) is 0 Å². The van der Waals surface area contributed by atoms with Crippen molar-refractivity contribution in [1.29, 1.82) is 0 Å². The van der Waals surface area contributed by atoms with Gasteiger partial charge in [-0.25, -0.2) is 44.3 Å². The first-order valence-electron chi connectivity index (χ1n) is 27.6. The minimum atomic E-state index is -5.53. The summed E-state index contributed by atoms with van der Waals surface area (Å²) in [6, 6.07) is 4.96. The van der Waals surface area contributed by atoms with Gasteiger partial charge in [-0.2, -0.15) is 45.3 Å². The number of carbonyl (C=O) groups excluding carboxylic acids is 4. The van der Waals surface area contributed by atoms with Crippen molar-refractivity contribution in [3.8, 4) is 28.7 Å². The molecule has 506 valence electrons. The van der Waals surface area contributed by atoms with Crippen LogP contribution in [-0.4, -0.2) is 113 Å². The number of rotatable bonds is 23. The topological polar surface area (TPSA) is 342 Å². The van der Waals surface area contributed by atoms with Crippen LogP contribution in [0.2, 0.25) is 5.02 Å². The lowest BCUT2D eigenvalue weighted by Crippen LogP contribution is -2.44. The number of halogens is 11. The molecule has 6 aromatic rings. The Morgan fingerprint density at radius 1 is 0.936 bits per heavy atom. The highest BCUT2D eigenvalue weighted by Crippen LogP contribution is 2.68. The number of fused-ring (bicyclic) bond motifs is 4. The van der Waals surface area contributed by atoms with Crippen molar-refractivity contribution in [2.24, 2.45) is 11.7 Å². The van der Waals surface area contributed by atoms with Crippen molar-refractivity contribution in [2.75, 3.05) is 6.26 Å². The summed E-state index contributed by atoms with van der Waals surface area (Å²) in [5, 5.41) is 20.6. The van der Waals surface area contributed by atoms with Gasteiger partial charge >= 0.3 is 26.1 Å². The van der Waals surface area contributed by atoms with E-state index in [1.807, 2.05) is 0 Å². The number of carboxylic acid groups (broad SMARTS) is 1. The molecule has 3 aromatic carbocycles. The molecule has 0 bridgehead atoms. The van der Waals surface area contributed by atoms with E-state index in [1.165, 1.54) is 40.7 Å². The van der Waals surface area contributed by atoms with Gasteiger partial charge in [-0.15, -0.1) is 0 Å². The number of aryl methyl sites for hydroxylation is 1. The van der Waals surface area contributed by atoms with Gasteiger partial charge in [0.1, 0.15) is 52.7 Å². The zero-order valence-corrected chi connectivity index (χ0v) is 53.1. The maximum absolute atomic E-state index is 15.8. The average Bonchev–Trinajstić information content (AvgIpc) is 1.52. The minimum absolute atomic E-state index is 0.110. The van der Waals surface area contributed by atoms with Crippen molar-refractivity contribution in [3.63, 3.8) is 0 Å². The molecule has 7 N–H and O–H groups in total. The first-order chi connectivity index (χ1) is 43.2. The number of nitrogens with two attached hydrogens (primary N) is 1. The van der Waals surface area contributed by atoms with Gasteiger partial charge in [0.25, 0.3) is 5.92 Å². The largest absolute Gasteiger partial charge is 0.524 e.